The first-order valence-electron chi connectivity index (χ1n) is 4.06. The van der Waals surface area contributed by atoms with Crippen molar-refractivity contribution in [1.82, 2.24) is 10.9 Å². The first-order chi connectivity index (χ1) is 7.49. The predicted molar refractivity (Wildman–Crippen MR) is 61.3 cm³/mol. The Morgan fingerprint density at radius 2 is 1.81 bits per heavy atom. The van der Waals surface area contributed by atoms with Gasteiger partial charge in [0.15, 0.2) is 0 Å². The van der Waals surface area contributed by atoms with E-state index in [9.17, 15) is 9.59 Å². The summed E-state index contributed by atoms with van der Waals surface area (Å²) < 4.78 is 0. The van der Waals surface area contributed by atoms with E-state index in [1.54, 1.807) is 6.07 Å². The molecule has 8 heteroatoms. The van der Waals surface area contributed by atoms with Crippen molar-refractivity contribution in [3.8, 4) is 0 Å². The molecule has 0 aliphatic rings. The summed E-state index contributed by atoms with van der Waals surface area (Å²) in [5.74, 6) is 0. The van der Waals surface area contributed by atoms with Crippen LogP contribution in [0.1, 0.15) is 0 Å². The number of hydrogen-bond acceptors (Lipinski definition) is 2. The van der Waals surface area contributed by atoms with E-state index in [4.69, 9.17) is 28.9 Å². The Kier molecular flexibility index (Phi) is 4.21. The van der Waals surface area contributed by atoms with E-state index in [0.717, 1.165) is 0 Å². The molecule has 5 N–H and O–H groups in total. The number of halogens is 2. The summed E-state index contributed by atoms with van der Waals surface area (Å²) in [6.07, 6.45) is 0. The van der Waals surface area contributed by atoms with Crippen molar-refractivity contribution in [2.45, 2.75) is 0 Å². The Hall–Kier alpha value is -1.66. The molecule has 4 amide bonds. The number of primary amides is 1. The van der Waals surface area contributed by atoms with Gasteiger partial charge in [-0.1, -0.05) is 23.2 Å². The smallest absolute Gasteiger partial charge is 0.337 e. The number of amides is 4. The molecule has 0 fully saturated rings. The summed E-state index contributed by atoms with van der Waals surface area (Å²) in [6.45, 7) is 0. The third kappa shape index (κ3) is 3.84. The minimum absolute atomic E-state index is 0.308. The number of nitrogens with one attached hydrogen (secondary N) is 3. The van der Waals surface area contributed by atoms with Crippen molar-refractivity contribution in [2.75, 3.05) is 5.32 Å². The fraction of sp³-hybridized carbons (Fsp3) is 0. The minimum atomic E-state index is -0.871. The molecule has 1 aromatic carbocycles. The van der Waals surface area contributed by atoms with E-state index in [1.165, 1.54) is 12.1 Å². The highest BCUT2D eigenvalue weighted by molar-refractivity contribution is 6.42. The van der Waals surface area contributed by atoms with Gasteiger partial charge >= 0.3 is 12.1 Å². The Morgan fingerprint density at radius 1 is 1.12 bits per heavy atom. The molecule has 0 aliphatic carbocycles. The van der Waals surface area contributed by atoms with Crippen molar-refractivity contribution in [2.24, 2.45) is 5.73 Å². The SMILES string of the molecule is NC(=O)NNC(=O)Nc1ccc(Cl)c(Cl)c1. The molecule has 0 saturated carbocycles. The monoisotopic (exact) mass is 262 g/mol. The van der Waals surface area contributed by atoms with E-state index in [-0.39, 0.29) is 0 Å². The second-order valence-electron chi connectivity index (χ2n) is 2.70. The number of hydrazine groups is 1. The molecular weight excluding hydrogens is 255 g/mol. The highest BCUT2D eigenvalue weighted by Crippen LogP contribution is 2.24. The van der Waals surface area contributed by atoms with Gasteiger partial charge in [-0.2, -0.15) is 0 Å². The van der Waals surface area contributed by atoms with Crippen LogP contribution in [0.15, 0.2) is 18.2 Å². The first kappa shape index (κ1) is 12.4. The molecule has 0 heterocycles. The average Bonchev–Trinajstić information content (AvgIpc) is 2.21. The Morgan fingerprint density at radius 3 is 2.38 bits per heavy atom. The molecule has 0 unspecified atom stereocenters. The molecule has 0 saturated heterocycles. The molecular formula is C8H8Cl2N4O2. The summed E-state index contributed by atoms with van der Waals surface area (Å²) in [7, 11) is 0. The number of anilines is 1. The van der Waals surface area contributed by atoms with Crippen molar-refractivity contribution in [1.29, 1.82) is 0 Å². The van der Waals surface area contributed by atoms with Gasteiger partial charge in [-0.3, -0.25) is 0 Å². The van der Waals surface area contributed by atoms with Gasteiger partial charge in [0.05, 0.1) is 10.0 Å². The van der Waals surface area contributed by atoms with Crippen molar-refractivity contribution >= 4 is 41.0 Å². The fourth-order valence-corrected chi connectivity index (χ4v) is 1.15. The van der Waals surface area contributed by atoms with Crippen LogP contribution in [0.25, 0.3) is 0 Å². The Bertz CT molecular complexity index is 424. The number of rotatable bonds is 1. The van der Waals surface area contributed by atoms with Gasteiger partial charge in [-0.05, 0) is 18.2 Å². The van der Waals surface area contributed by atoms with Crippen LogP contribution in [-0.4, -0.2) is 12.1 Å². The zero-order valence-corrected chi connectivity index (χ0v) is 9.39. The topological polar surface area (TPSA) is 96.2 Å². The normalized spacial score (nSPS) is 9.38. The zero-order valence-electron chi connectivity index (χ0n) is 7.88. The maximum atomic E-state index is 11.1. The van der Waals surface area contributed by atoms with Gasteiger partial charge in [0.2, 0.25) is 0 Å². The van der Waals surface area contributed by atoms with Crippen LogP contribution in [-0.2, 0) is 0 Å². The van der Waals surface area contributed by atoms with Crippen molar-refractivity contribution in [3.63, 3.8) is 0 Å². The molecule has 0 aromatic heterocycles. The average molecular weight is 263 g/mol. The Balaban J connectivity index is 2.56. The molecule has 1 rings (SSSR count). The van der Waals surface area contributed by atoms with Crippen LogP contribution in [0.4, 0.5) is 15.3 Å². The third-order valence-corrected chi connectivity index (χ3v) is 2.22. The van der Waals surface area contributed by atoms with E-state index in [0.29, 0.717) is 15.7 Å². The number of urea groups is 2. The maximum Gasteiger partial charge on any atom is 0.337 e. The summed E-state index contributed by atoms with van der Waals surface area (Å²) in [4.78, 5) is 21.4. The summed E-state index contributed by atoms with van der Waals surface area (Å²) in [5.41, 5.74) is 9.10. The molecule has 0 spiro atoms. The largest absolute Gasteiger partial charge is 0.350 e. The maximum absolute atomic E-state index is 11.1. The highest BCUT2D eigenvalue weighted by atomic mass is 35.5. The van der Waals surface area contributed by atoms with Gasteiger partial charge < -0.3 is 11.1 Å². The van der Waals surface area contributed by atoms with Gasteiger partial charge in [0.25, 0.3) is 0 Å². The van der Waals surface area contributed by atoms with Gasteiger partial charge in [0, 0.05) is 5.69 Å². The van der Waals surface area contributed by atoms with E-state index >= 15 is 0 Å². The summed E-state index contributed by atoms with van der Waals surface area (Å²) >= 11 is 11.4. The lowest BCUT2D eigenvalue weighted by Gasteiger charge is -2.07. The number of nitrogens with two attached hydrogens (primary N) is 1. The molecule has 0 bridgehead atoms. The number of carbonyl (C=O) groups is 2. The van der Waals surface area contributed by atoms with Gasteiger partial charge in [-0.25, -0.2) is 20.4 Å². The predicted octanol–water partition coefficient (Wildman–Crippen LogP) is 1.70. The van der Waals surface area contributed by atoms with Crippen LogP contribution in [0.3, 0.4) is 0 Å². The molecule has 16 heavy (non-hydrogen) atoms. The van der Waals surface area contributed by atoms with Crippen LogP contribution in [0, 0.1) is 0 Å². The summed E-state index contributed by atoms with van der Waals surface area (Å²) in [6, 6.07) is 3.02. The fourth-order valence-electron chi connectivity index (χ4n) is 0.855. The molecule has 0 aliphatic heterocycles. The molecule has 0 radical (unpaired) electrons. The van der Waals surface area contributed by atoms with Crippen LogP contribution < -0.4 is 21.9 Å². The molecule has 0 atom stereocenters. The number of carbonyl (C=O) groups excluding carboxylic acids is 2. The van der Waals surface area contributed by atoms with E-state index in [1.807, 2.05) is 10.9 Å². The lowest BCUT2D eigenvalue weighted by molar-refractivity contribution is 0.235. The molecule has 1 aromatic rings. The van der Waals surface area contributed by atoms with Crippen molar-refractivity contribution in [3.05, 3.63) is 28.2 Å². The number of hydrogen-bond donors (Lipinski definition) is 4. The van der Waals surface area contributed by atoms with Crippen LogP contribution in [0.5, 0.6) is 0 Å². The first-order valence-corrected chi connectivity index (χ1v) is 4.82. The van der Waals surface area contributed by atoms with Gasteiger partial charge in [-0.15, -0.1) is 0 Å². The van der Waals surface area contributed by atoms with Crippen LogP contribution in [0.2, 0.25) is 10.0 Å². The van der Waals surface area contributed by atoms with Crippen molar-refractivity contribution < 1.29 is 9.59 Å². The zero-order chi connectivity index (χ0) is 12.1. The van der Waals surface area contributed by atoms with E-state index in [2.05, 4.69) is 5.32 Å². The molecule has 6 nitrogen and oxygen atoms in total. The van der Waals surface area contributed by atoms with Crippen LogP contribution >= 0.6 is 23.2 Å². The quantitative estimate of drug-likeness (QED) is 0.580. The summed E-state index contributed by atoms with van der Waals surface area (Å²) in [5, 5.41) is 3.09. The van der Waals surface area contributed by atoms with E-state index < -0.39 is 12.1 Å². The lowest BCUT2D eigenvalue weighted by Crippen LogP contribution is -2.46. The third-order valence-electron chi connectivity index (χ3n) is 1.48. The minimum Gasteiger partial charge on any atom is -0.350 e. The second kappa shape index (κ2) is 5.43. The lowest BCUT2D eigenvalue weighted by atomic mass is 10.3. The number of benzene rings is 1. The highest BCUT2D eigenvalue weighted by Gasteiger charge is 2.04. The standard InChI is InChI=1S/C8H8Cl2N4O2/c9-5-2-1-4(3-6(5)10)12-8(16)14-13-7(11)15/h1-3H,(H3,11,13,15)(H2,12,14,16). The second-order valence-corrected chi connectivity index (χ2v) is 3.51. The van der Waals surface area contributed by atoms with Gasteiger partial charge in [0.1, 0.15) is 0 Å². The Labute approximate surface area is 101 Å². The molecule has 86 valence electrons.